The number of hydrogen-bond acceptors (Lipinski definition) is 3. The average Bonchev–Trinajstić information content (AvgIpc) is 2.31. The van der Waals surface area contributed by atoms with Crippen molar-refractivity contribution in [3.63, 3.8) is 0 Å². The lowest BCUT2D eigenvalue weighted by atomic mass is 9.93. The molecule has 0 aromatic carbocycles. The SMILES string of the molecule is Cn1c(=O)[nH]cc(CC2CCCNC2)c1=O. The molecule has 16 heavy (non-hydrogen) atoms. The van der Waals surface area contributed by atoms with E-state index in [1.165, 1.54) is 7.05 Å². The minimum atomic E-state index is -0.351. The van der Waals surface area contributed by atoms with Gasteiger partial charge in [0.15, 0.2) is 0 Å². The van der Waals surface area contributed by atoms with Gasteiger partial charge in [-0.05, 0) is 38.3 Å². The van der Waals surface area contributed by atoms with Crippen molar-refractivity contribution in [2.24, 2.45) is 13.0 Å². The molecule has 5 nitrogen and oxygen atoms in total. The lowest BCUT2D eigenvalue weighted by Gasteiger charge is -2.22. The van der Waals surface area contributed by atoms with Gasteiger partial charge in [0, 0.05) is 18.8 Å². The van der Waals surface area contributed by atoms with Gasteiger partial charge in [0.25, 0.3) is 5.56 Å². The number of nitrogens with one attached hydrogen (secondary N) is 2. The van der Waals surface area contributed by atoms with Crippen LogP contribution < -0.4 is 16.6 Å². The van der Waals surface area contributed by atoms with Gasteiger partial charge in [-0.2, -0.15) is 0 Å². The predicted octanol–water partition coefficient (Wildman–Crippen LogP) is -0.384. The first-order valence-electron chi connectivity index (χ1n) is 5.67. The van der Waals surface area contributed by atoms with Crippen LogP contribution in [0.25, 0.3) is 0 Å². The van der Waals surface area contributed by atoms with E-state index in [0.29, 0.717) is 11.5 Å². The molecule has 5 heteroatoms. The lowest BCUT2D eigenvalue weighted by molar-refractivity contribution is 0.374. The van der Waals surface area contributed by atoms with E-state index in [0.717, 1.165) is 36.9 Å². The van der Waals surface area contributed by atoms with Gasteiger partial charge < -0.3 is 10.3 Å². The van der Waals surface area contributed by atoms with Gasteiger partial charge in [-0.1, -0.05) is 0 Å². The molecule has 2 N–H and O–H groups in total. The summed E-state index contributed by atoms with van der Waals surface area (Å²) >= 11 is 0. The summed E-state index contributed by atoms with van der Waals surface area (Å²) in [6, 6.07) is 0. The minimum Gasteiger partial charge on any atom is -0.316 e. The zero-order chi connectivity index (χ0) is 11.5. The molecule has 0 aliphatic carbocycles. The Bertz CT molecular complexity index is 469. The quantitative estimate of drug-likeness (QED) is 0.718. The molecule has 1 saturated heterocycles. The normalized spacial score (nSPS) is 20.9. The number of rotatable bonds is 2. The van der Waals surface area contributed by atoms with Gasteiger partial charge in [0.2, 0.25) is 0 Å². The van der Waals surface area contributed by atoms with E-state index in [1.54, 1.807) is 6.20 Å². The van der Waals surface area contributed by atoms with E-state index in [-0.39, 0.29) is 11.2 Å². The van der Waals surface area contributed by atoms with Crippen molar-refractivity contribution < 1.29 is 0 Å². The van der Waals surface area contributed by atoms with Crippen LogP contribution in [0.2, 0.25) is 0 Å². The van der Waals surface area contributed by atoms with Crippen LogP contribution in [0.5, 0.6) is 0 Å². The molecule has 1 aliphatic heterocycles. The molecule has 1 atom stereocenters. The van der Waals surface area contributed by atoms with Crippen LogP contribution in [0.1, 0.15) is 18.4 Å². The van der Waals surface area contributed by atoms with E-state index in [2.05, 4.69) is 10.3 Å². The third-order valence-corrected chi connectivity index (χ3v) is 3.16. The third-order valence-electron chi connectivity index (χ3n) is 3.16. The van der Waals surface area contributed by atoms with Crippen molar-refractivity contribution in [1.82, 2.24) is 14.9 Å². The van der Waals surface area contributed by atoms with Gasteiger partial charge in [-0.3, -0.25) is 9.36 Å². The summed E-state index contributed by atoms with van der Waals surface area (Å²) in [4.78, 5) is 25.6. The third kappa shape index (κ3) is 2.24. The molecule has 88 valence electrons. The summed E-state index contributed by atoms with van der Waals surface area (Å²) < 4.78 is 1.13. The first-order chi connectivity index (χ1) is 7.68. The van der Waals surface area contributed by atoms with Gasteiger partial charge in [0.05, 0.1) is 0 Å². The van der Waals surface area contributed by atoms with Crippen LogP contribution >= 0.6 is 0 Å². The summed E-state index contributed by atoms with van der Waals surface area (Å²) in [7, 11) is 1.50. The molecule has 1 aromatic heterocycles. The van der Waals surface area contributed by atoms with E-state index in [4.69, 9.17) is 0 Å². The van der Waals surface area contributed by atoms with Crippen LogP contribution in [0, 0.1) is 5.92 Å². The number of H-pyrrole nitrogens is 1. The Hall–Kier alpha value is -1.36. The topological polar surface area (TPSA) is 66.9 Å². The number of nitrogens with zero attached hydrogens (tertiary/aromatic N) is 1. The molecular weight excluding hydrogens is 206 g/mol. The van der Waals surface area contributed by atoms with Crippen molar-refractivity contribution in [3.8, 4) is 0 Å². The van der Waals surface area contributed by atoms with Crippen LogP contribution in [-0.2, 0) is 13.5 Å². The molecule has 1 aromatic rings. The van der Waals surface area contributed by atoms with Gasteiger partial charge in [0.1, 0.15) is 0 Å². The molecule has 1 fully saturated rings. The molecule has 2 rings (SSSR count). The number of aromatic nitrogens is 2. The van der Waals surface area contributed by atoms with E-state index >= 15 is 0 Å². The first-order valence-corrected chi connectivity index (χ1v) is 5.67. The second-order valence-corrected chi connectivity index (χ2v) is 4.40. The highest BCUT2D eigenvalue weighted by Gasteiger charge is 2.15. The summed E-state index contributed by atoms with van der Waals surface area (Å²) in [5, 5.41) is 3.32. The number of piperidine rings is 1. The largest absolute Gasteiger partial charge is 0.328 e. The summed E-state index contributed by atoms with van der Waals surface area (Å²) in [6.07, 6.45) is 4.61. The highest BCUT2D eigenvalue weighted by Crippen LogP contribution is 2.13. The molecule has 1 unspecified atom stereocenters. The van der Waals surface area contributed by atoms with Gasteiger partial charge in [-0.15, -0.1) is 0 Å². The molecule has 0 spiro atoms. The molecule has 1 aliphatic rings. The van der Waals surface area contributed by atoms with Crippen LogP contribution in [0.4, 0.5) is 0 Å². The standard InChI is InChI=1S/C11H17N3O2/c1-14-10(15)9(7-13-11(14)16)5-8-3-2-4-12-6-8/h7-8,12H,2-6H2,1H3,(H,13,16). The summed E-state index contributed by atoms with van der Waals surface area (Å²) in [6.45, 7) is 2.03. The molecule has 0 radical (unpaired) electrons. The second kappa shape index (κ2) is 4.65. The Kier molecular flexibility index (Phi) is 3.24. The average molecular weight is 223 g/mol. The Morgan fingerprint density at radius 3 is 3.00 bits per heavy atom. The Morgan fingerprint density at radius 2 is 2.31 bits per heavy atom. The zero-order valence-corrected chi connectivity index (χ0v) is 9.45. The van der Waals surface area contributed by atoms with Crippen molar-refractivity contribution in [2.75, 3.05) is 13.1 Å². The van der Waals surface area contributed by atoms with E-state index < -0.39 is 0 Å². The second-order valence-electron chi connectivity index (χ2n) is 4.40. The molecule has 0 amide bonds. The fraction of sp³-hybridized carbons (Fsp3) is 0.636. The van der Waals surface area contributed by atoms with Crippen LogP contribution in [0.3, 0.4) is 0 Å². The fourth-order valence-electron chi connectivity index (χ4n) is 2.17. The molecular formula is C11H17N3O2. The lowest BCUT2D eigenvalue weighted by Crippen LogP contribution is -2.37. The van der Waals surface area contributed by atoms with Gasteiger partial charge in [-0.25, -0.2) is 4.79 Å². The maximum Gasteiger partial charge on any atom is 0.328 e. The van der Waals surface area contributed by atoms with Crippen molar-refractivity contribution >= 4 is 0 Å². The number of aromatic amines is 1. The molecule has 0 saturated carbocycles. The minimum absolute atomic E-state index is 0.172. The van der Waals surface area contributed by atoms with Crippen molar-refractivity contribution in [3.05, 3.63) is 32.6 Å². The fourth-order valence-corrected chi connectivity index (χ4v) is 2.17. The van der Waals surface area contributed by atoms with Crippen molar-refractivity contribution in [1.29, 1.82) is 0 Å². The highest BCUT2D eigenvalue weighted by atomic mass is 16.2. The monoisotopic (exact) mass is 223 g/mol. The summed E-state index contributed by atoms with van der Waals surface area (Å²) in [5.41, 5.74) is 0.181. The Labute approximate surface area is 93.5 Å². The summed E-state index contributed by atoms with van der Waals surface area (Å²) in [5.74, 6) is 0.507. The van der Waals surface area contributed by atoms with Crippen molar-refractivity contribution in [2.45, 2.75) is 19.3 Å². The van der Waals surface area contributed by atoms with Crippen LogP contribution in [-0.4, -0.2) is 22.6 Å². The van der Waals surface area contributed by atoms with E-state index in [9.17, 15) is 9.59 Å². The highest BCUT2D eigenvalue weighted by molar-refractivity contribution is 5.06. The predicted molar refractivity (Wildman–Crippen MR) is 61.6 cm³/mol. The van der Waals surface area contributed by atoms with E-state index in [1.807, 2.05) is 0 Å². The Balaban J connectivity index is 2.18. The number of hydrogen-bond donors (Lipinski definition) is 2. The van der Waals surface area contributed by atoms with Gasteiger partial charge >= 0.3 is 5.69 Å². The molecule has 2 heterocycles. The molecule has 0 bridgehead atoms. The smallest absolute Gasteiger partial charge is 0.316 e. The van der Waals surface area contributed by atoms with Crippen LogP contribution in [0.15, 0.2) is 15.8 Å². The zero-order valence-electron chi connectivity index (χ0n) is 9.45. The first kappa shape index (κ1) is 11.1. The Morgan fingerprint density at radius 1 is 1.50 bits per heavy atom. The maximum absolute atomic E-state index is 11.8. The maximum atomic E-state index is 11.8.